The average molecular weight is 420 g/mol. The van der Waals surface area contributed by atoms with E-state index in [0.29, 0.717) is 12.6 Å². The number of allylic oxidation sites excluding steroid dienone is 1. The molecule has 9 heteroatoms. The zero-order valence-electron chi connectivity index (χ0n) is 10.9. The van der Waals surface area contributed by atoms with Crippen LogP contribution in [0.2, 0.25) is 0 Å². The number of esters is 4. The van der Waals surface area contributed by atoms with E-state index in [4.69, 9.17) is 7.01 Å². The van der Waals surface area contributed by atoms with E-state index in [1.165, 1.54) is 0 Å². The van der Waals surface area contributed by atoms with Crippen molar-refractivity contribution in [3.05, 3.63) is 11.6 Å². The number of hydrogen-bond acceptors (Lipinski definition) is 6. The molecule has 0 spiro atoms. The van der Waals surface area contributed by atoms with Gasteiger partial charge in [0.25, 0.3) is 0 Å². The van der Waals surface area contributed by atoms with Crippen LogP contribution in [-0.2, 0) is 28.7 Å². The second-order valence-electron chi connectivity index (χ2n) is 4.88. The number of carbonyl (C=O) groups excluding carboxylic acids is 4. The summed E-state index contributed by atoms with van der Waals surface area (Å²) >= 11 is 2.08. The Labute approximate surface area is 135 Å². The van der Waals surface area contributed by atoms with E-state index in [-0.39, 0.29) is 12.8 Å². The van der Waals surface area contributed by atoms with Crippen molar-refractivity contribution in [2.45, 2.75) is 19.3 Å². The Morgan fingerprint density at radius 1 is 1.19 bits per heavy atom. The molecule has 21 heavy (non-hydrogen) atoms. The Kier molecular flexibility index (Phi) is 5.43. The van der Waals surface area contributed by atoms with Gasteiger partial charge in [0.05, 0.1) is 0 Å². The van der Waals surface area contributed by atoms with Gasteiger partial charge in [-0.15, -0.1) is 0 Å². The summed E-state index contributed by atoms with van der Waals surface area (Å²) in [6.07, 6.45) is 2.51. The molecule has 0 bridgehead atoms. The summed E-state index contributed by atoms with van der Waals surface area (Å²) in [5.74, 6) is -3.40. The third-order valence-corrected chi connectivity index (χ3v) is 4.90. The first kappa shape index (κ1) is 16.5. The Bertz CT molecular complexity index is 619. The molecular formula is C12H11BIO6P. The molecule has 110 valence electrons. The molecule has 0 aliphatic carbocycles. The molecule has 2 fully saturated rings. The van der Waals surface area contributed by atoms with Crippen molar-refractivity contribution < 1.29 is 28.7 Å². The van der Waals surface area contributed by atoms with E-state index in [9.17, 15) is 19.2 Å². The summed E-state index contributed by atoms with van der Waals surface area (Å²) in [7, 11) is 5.81. The fraction of sp³-hybridized carbons (Fsp3) is 0.500. The van der Waals surface area contributed by atoms with Gasteiger partial charge in [-0.1, -0.05) is 0 Å². The van der Waals surface area contributed by atoms with Crippen LogP contribution >= 0.6 is 26.9 Å². The Hall–Kier alpha value is -0.885. The molecule has 0 N–H and O–H groups in total. The molecule has 2 rings (SSSR count). The molecule has 0 amide bonds. The van der Waals surface area contributed by atoms with Gasteiger partial charge in [0.1, 0.15) is 0 Å². The zero-order valence-corrected chi connectivity index (χ0v) is 14.0. The van der Waals surface area contributed by atoms with Gasteiger partial charge in [-0.3, -0.25) is 0 Å². The van der Waals surface area contributed by atoms with Crippen LogP contribution in [0.15, 0.2) is 11.6 Å². The molecule has 2 aliphatic heterocycles. The van der Waals surface area contributed by atoms with Crippen molar-refractivity contribution in [2.75, 3.05) is 6.16 Å². The first-order valence-corrected chi connectivity index (χ1v) is 10.6. The quantitative estimate of drug-likeness (QED) is 0.171. The van der Waals surface area contributed by atoms with Gasteiger partial charge in [-0.05, 0) is 0 Å². The van der Waals surface area contributed by atoms with Gasteiger partial charge >= 0.3 is 135 Å². The summed E-state index contributed by atoms with van der Waals surface area (Å²) < 4.78 is 9.00. The topological polar surface area (TPSA) is 86.7 Å². The van der Waals surface area contributed by atoms with Crippen molar-refractivity contribution >= 4 is 57.8 Å². The first-order valence-electron chi connectivity index (χ1n) is 6.21. The standard InChI is InChI=1S/C12H11BIO6P/c13-21(14)5-6(1-7-3-9(15)19-11(7)17)2-8-4-10(16)20-12(8)18/h1,7-8H,2-5H2/b6-1+. The number of ether oxygens (including phenoxy) is 2. The molecule has 0 saturated carbocycles. The normalized spacial score (nSPS) is 27.0. The molecule has 0 radical (unpaired) electrons. The molecule has 2 heterocycles. The summed E-state index contributed by atoms with van der Waals surface area (Å²) in [5, 5.41) is 0. The molecule has 2 aliphatic rings. The van der Waals surface area contributed by atoms with Gasteiger partial charge in [0.2, 0.25) is 0 Å². The van der Waals surface area contributed by atoms with Gasteiger partial charge in [0, 0.05) is 0 Å². The number of rotatable bonds is 4. The minimum absolute atomic E-state index is 0.000119. The van der Waals surface area contributed by atoms with E-state index >= 15 is 0 Å². The molecule has 0 aromatic carbocycles. The van der Waals surface area contributed by atoms with Gasteiger partial charge in [-0.2, -0.15) is 0 Å². The van der Waals surface area contributed by atoms with Crippen LogP contribution in [-0.4, -0.2) is 37.0 Å². The monoisotopic (exact) mass is 420 g/mol. The Morgan fingerprint density at radius 2 is 1.81 bits per heavy atom. The predicted octanol–water partition coefficient (Wildman–Crippen LogP) is 1.40. The third-order valence-electron chi connectivity index (χ3n) is 3.16. The van der Waals surface area contributed by atoms with Crippen molar-refractivity contribution in [1.82, 2.24) is 0 Å². The second-order valence-corrected chi connectivity index (χ2v) is 9.72. The van der Waals surface area contributed by atoms with Gasteiger partial charge in [0.15, 0.2) is 0 Å². The minimum atomic E-state index is -0.803. The second kappa shape index (κ2) is 6.92. The zero-order chi connectivity index (χ0) is 15.6. The van der Waals surface area contributed by atoms with Crippen molar-refractivity contribution in [3.63, 3.8) is 0 Å². The fourth-order valence-electron chi connectivity index (χ4n) is 2.28. The molecule has 0 aromatic heterocycles. The van der Waals surface area contributed by atoms with Crippen molar-refractivity contribution in [1.29, 1.82) is 0 Å². The molecule has 3 atom stereocenters. The van der Waals surface area contributed by atoms with Crippen LogP contribution in [0.1, 0.15) is 19.3 Å². The molecule has 0 aromatic rings. The maximum absolute atomic E-state index is 11.5. The predicted molar refractivity (Wildman–Crippen MR) is 82.7 cm³/mol. The molecular weight excluding hydrogens is 409 g/mol. The van der Waals surface area contributed by atoms with E-state index < -0.39 is 40.6 Å². The molecule has 6 nitrogen and oxygen atoms in total. The average Bonchev–Trinajstić information content (AvgIpc) is 2.81. The van der Waals surface area contributed by atoms with E-state index in [2.05, 4.69) is 31.5 Å². The van der Waals surface area contributed by atoms with Crippen LogP contribution in [0, 0.1) is 11.8 Å². The van der Waals surface area contributed by atoms with E-state index in [1.54, 1.807) is 6.08 Å². The van der Waals surface area contributed by atoms with Crippen LogP contribution in [0.5, 0.6) is 0 Å². The van der Waals surface area contributed by atoms with Crippen LogP contribution < -0.4 is 0 Å². The SMILES string of the molecule is B#P(I)C/C(=C/C1CC(=O)OC1=O)CC1CC(=O)OC1=O. The van der Waals surface area contributed by atoms with Crippen LogP contribution in [0.4, 0.5) is 0 Å². The van der Waals surface area contributed by atoms with E-state index in [0.717, 1.165) is 5.57 Å². The third kappa shape index (κ3) is 4.54. The number of carbonyl (C=O) groups is 4. The summed E-state index contributed by atoms with van der Waals surface area (Å²) in [4.78, 5) is 44.4. The fourth-order valence-corrected chi connectivity index (χ4v) is 4.21. The molecule has 2 saturated heterocycles. The first-order chi connectivity index (χ1) is 9.85. The van der Waals surface area contributed by atoms with E-state index in [1.807, 2.05) is 0 Å². The Balaban J connectivity index is 2.13. The van der Waals surface area contributed by atoms with Gasteiger partial charge < -0.3 is 0 Å². The maximum atomic E-state index is 11.5. The van der Waals surface area contributed by atoms with Crippen molar-refractivity contribution in [3.8, 4) is 0 Å². The van der Waals surface area contributed by atoms with Crippen LogP contribution in [0.25, 0.3) is 0 Å². The summed E-state index contributed by atoms with van der Waals surface area (Å²) in [6.45, 7) is 0. The summed E-state index contributed by atoms with van der Waals surface area (Å²) in [5.41, 5.74) is 0.784. The van der Waals surface area contributed by atoms with Gasteiger partial charge in [-0.25, -0.2) is 0 Å². The number of hydrogen-bond donors (Lipinski definition) is 0. The van der Waals surface area contributed by atoms with Crippen molar-refractivity contribution in [2.24, 2.45) is 11.8 Å². The Morgan fingerprint density at radius 3 is 2.29 bits per heavy atom. The van der Waals surface area contributed by atoms with Crippen LogP contribution in [0.3, 0.4) is 0 Å². The number of halogens is 1. The molecule has 3 unspecified atom stereocenters. The summed E-state index contributed by atoms with van der Waals surface area (Å²) in [6, 6.07) is 0. The number of cyclic esters (lactones) is 4.